The Morgan fingerprint density at radius 1 is 1.37 bits per heavy atom. The van der Waals surface area contributed by atoms with Gasteiger partial charge in [-0.05, 0) is 0 Å². The summed E-state index contributed by atoms with van der Waals surface area (Å²) in [5.74, 6) is -2.79. The molecule has 0 aliphatic heterocycles. The van der Waals surface area contributed by atoms with Crippen molar-refractivity contribution in [3.63, 3.8) is 0 Å². The van der Waals surface area contributed by atoms with Crippen molar-refractivity contribution in [1.82, 2.24) is 4.98 Å². The van der Waals surface area contributed by atoms with Gasteiger partial charge in [-0.3, -0.25) is 4.79 Å². The first-order valence-corrected chi connectivity index (χ1v) is 4.55. The number of pyridine rings is 1. The van der Waals surface area contributed by atoms with Crippen molar-refractivity contribution in [3.8, 4) is 5.75 Å². The maximum absolute atomic E-state index is 12.4. The normalized spacial score (nSPS) is 11.5. The van der Waals surface area contributed by atoms with E-state index in [0.29, 0.717) is 0 Å². The fourth-order valence-corrected chi connectivity index (χ4v) is 1.17. The number of carbonyl (C=O) groups is 1. The van der Waals surface area contributed by atoms with Crippen LogP contribution in [0.4, 0.5) is 22.0 Å². The lowest BCUT2D eigenvalue weighted by molar-refractivity contribution is -0.274. The highest BCUT2D eigenvalue weighted by molar-refractivity contribution is 5.92. The average molecular weight is 287 g/mol. The van der Waals surface area contributed by atoms with Gasteiger partial charge in [0.25, 0.3) is 12.0 Å². The number of aromatic amines is 1. The molecule has 0 saturated carbocycles. The number of ether oxygens (including phenoxy) is 2. The van der Waals surface area contributed by atoms with Crippen molar-refractivity contribution in [2.75, 3.05) is 7.11 Å². The van der Waals surface area contributed by atoms with Gasteiger partial charge in [-0.1, -0.05) is 0 Å². The van der Waals surface area contributed by atoms with Crippen molar-refractivity contribution in [3.05, 3.63) is 27.7 Å². The number of hydrogen-bond donors (Lipinski definition) is 1. The molecule has 10 heteroatoms. The predicted octanol–water partition coefficient (Wildman–Crippen LogP) is 2.00. The molecule has 0 radical (unpaired) electrons. The molecule has 19 heavy (non-hydrogen) atoms. The molecule has 1 heterocycles. The van der Waals surface area contributed by atoms with Gasteiger partial charge in [0.2, 0.25) is 0 Å². The Bertz CT molecular complexity index is 536. The van der Waals surface area contributed by atoms with Crippen LogP contribution in [0.3, 0.4) is 0 Å². The summed E-state index contributed by atoms with van der Waals surface area (Å²) in [6, 6.07) is 0.214. The van der Waals surface area contributed by atoms with Crippen molar-refractivity contribution < 1.29 is 36.2 Å². The number of carbonyl (C=O) groups excluding carboxylic acids is 1. The fraction of sp³-hybridized carbons (Fsp3) is 0.333. The molecule has 0 aliphatic carbocycles. The second-order valence-corrected chi connectivity index (χ2v) is 3.13. The van der Waals surface area contributed by atoms with Gasteiger partial charge in [0.05, 0.1) is 12.8 Å². The van der Waals surface area contributed by atoms with E-state index in [4.69, 9.17) is 0 Å². The number of aromatic nitrogens is 1. The Morgan fingerprint density at radius 3 is 2.37 bits per heavy atom. The largest absolute Gasteiger partial charge is 0.573 e. The monoisotopic (exact) mass is 287 g/mol. The molecule has 1 aromatic rings. The van der Waals surface area contributed by atoms with E-state index in [2.05, 4.69) is 9.47 Å². The van der Waals surface area contributed by atoms with Crippen LogP contribution in [-0.2, 0) is 4.74 Å². The van der Waals surface area contributed by atoms with Gasteiger partial charge in [0.1, 0.15) is 0 Å². The molecule has 0 amide bonds. The summed E-state index contributed by atoms with van der Waals surface area (Å²) in [4.78, 5) is 24.0. The highest BCUT2D eigenvalue weighted by Crippen LogP contribution is 2.28. The first kappa shape index (κ1) is 14.9. The van der Waals surface area contributed by atoms with E-state index < -0.39 is 41.3 Å². The van der Waals surface area contributed by atoms with E-state index in [0.717, 1.165) is 7.11 Å². The number of esters is 1. The Labute approximate surface area is 101 Å². The summed E-state index contributed by atoms with van der Waals surface area (Å²) in [6.07, 6.45) is -8.49. The zero-order valence-corrected chi connectivity index (χ0v) is 9.18. The molecule has 1 N–H and O–H groups in total. The molecule has 0 aromatic carbocycles. The highest BCUT2D eigenvalue weighted by Gasteiger charge is 2.35. The van der Waals surface area contributed by atoms with E-state index in [9.17, 15) is 31.5 Å². The first-order chi connectivity index (χ1) is 8.65. The van der Waals surface area contributed by atoms with Crippen LogP contribution in [0.25, 0.3) is 0 Å². The number of hydrogen-bond acceptors (Lipinski definition) is 4. The van der Waals surface area contributed by atoms with E-state index in [-0.39, 0.29) is 6.07 Å². The number of rotatable bonds is 3. The number of methoxy groups -OCH3 is 1. The van der Waals surface area contributed by atoms with Gasteiger partial charge in [0, 0.05) is 6.07 Å². The molecule has 0 aliphatic rings. The zero-order valence-electron chi connectivity index (χ0n) is 9.18. The Kier molecular flexibility index (Phi) is 4.12. The van der Waals surface area contributed by atoms with Gasteiger partial charge >= 0.3 is 12.3 Å². The number of nitrogens with one attached hydrogen (secondary N) is 1. The fourth-order valence-electron chi connectivity index (χ4n) is 1.17. The lowest BCUT2D eigenvalue weighted by Gasteiger charge is -2.12. The van der Waals surface area contributed by atoms with Crippen LogP contribution in [0.1, 0.15) is 22.5 Å². The van der Waals surface area contributed by atoms with E-state index in [1.807, 2.05) is 0 Å². The SMILES string of the molecule is COC(=O)c1c(OC(F)(F)F)cc(C(F)F)[nH]c1=O. The van der Waals surface area contributed by atoms with Crippen molar-refractivity contribution in [1.29, 1.82) is 0 Å². The molecular formula is C9H6F5NO4. The Hall–Kier alpha value is -2.13. The van der Waals surface area contributed by atoms with Gasteiger partial charge in [-0.25, -0.2) is 13.6 Å². The van der Waals surface area contributed by atoms with Crippen molar-refractivity contribution in [2.24, 2.45) is 0 Å². The molecule has 1 rings (SSSR count). The van der Waals surface area contributed by atoms with Crippen LogP contribution >= 0.6 is 0 Å². The van der Waals surface area contributed by atoms with Crippen LogP contribution in [-0.4, -0.2) is 24.4 Å². The van der Waals surface area contributed by atoms with Crippen LogP contribution in [0, 0.1) is 0 Å². The Balaban J connectivity index is 3.44. The number of alkyl halides is 5. The summed E-state index contributed by atoms with van der Waals surface area (Å²) in [6.45, 7) is 0. The van der Waals surface area contributed by atoms with E-state index >= 15 is 0 Å². The summed E-state index contributed by atoms with van der Waals surface area (Å²) >= 11 is 0. The minimum atomic E-state index is -5.25. The minimum absolute atomic E-state index is 0.214. The molecule has 5 nitrogen and oxygen atoms in total. The maximum atomic E-state index is 12.4. The first-order valence-electron chi connectivity index (χ1n) is 4.55. The molecule has 0 bridgehead atoms. The molecule has 0 spiro atoms. The minimum Gasteiger partial charge on any atom is -0.465 e. The second kappa shape index (κ2) is 5.24. The van der Waals surface area contributed by atoms with Crippen LogP contribution in [0.15, 0.2) is 10.9 Å². The zero-order chi connectivity index (χ0) is 14.8. The lowest BCUT2D eigenvalue weighted by atomic mass is 10.2. The number of H-pyrrole nitrogens is 1. The van der Waals surface area contributed by atoms with E-state index in [1.165, 1.54) is 0 Å². The van der Waals surface area contributed by atoms with Gasteiger partial charge in [-0.15, -0.1) is 13.2 Å². The molecular weight excluding hydrogens is 281 g/mol. The van der Waals surface area contributed by atoms with Crippen LogP contribution < -0.4 is 10.3 Å². The van der Waals surface area contributed by atoms with E-state index in [1.54, 1.807) is 4.98 Å². The predicted molar refractivity (Wildman–Crippen MR) is 50.0 cm³/mol. The molecule has 0 atom stereocenters. The van der Waals surface area contributed by atoms with Gasteiger partial charge < -0.3 is 14.5 Å². The van der Waals surface area contributed by atoms with Crippen LogP contribution in [0.5, 0.6) is 5.75 Å². The van der Waals surface area contributed by atoms with Crippen molar-refractivity contribution >= 4 is 5.97 Å². The van der Waals surface area contributed by atoms with Gasteiger partial charge in [0.15, 0.2) is 11.3 Å². The lowest BCUT2D eigenvalue weighted by Crippen LogP contribution is -2.26. The number of halogens is 5. The van der Waals surface area contributed by atoms with Gasteiger partial charge in [-0.2, -0.15) is 0 Å². The summed E-state index contributed by atoms with van der Waals surface area (Å²) in [5.41, 5.74) is -3.73. The van der Waals surface area contributed by atoms with Crippen LogP contribution in [0.2, 0.25) is 0 Å². The standard InChI is InChI=1S/C9H6F5NO4/c1-18-8(17)5-4(19-9(12,13)14)2-3(6(10)11)15-7(5)16/h2,6H,1H3,(H,15,16). The maximum Gasteiger partial charge on any atom is 0.573 e. The third-order valence-corrected chi connectivity index (χ3v) is 1.87. The molecule has 0 unspecified atom stereocenters. The summed E-state index contributed by atoms with van der Waals surface area (Å²) in [7, 11) is 0.806. The average Bonchev–Trinajstić information content (AvgIpc) is 2.25. The molecule has 1 aromatic heterocycles. The molecule has 0 saturated heterocycles. The Morgan fingerprint density at radius 2 is 1.95 bits per heavy atom. The smallest absolute Gasteiger partial charge is 0.465 e. The second-order valence-electron chi connectivity index (χ2n) is 3.13. The van der Waals surface area contributed by atoms with Crippen molar-refractivity contribution in [2.45, 2.75) is 12.8 Å². The third kappa shape index (κ3) is 3.66. The third-order valence-electron chi connectivity index (χ3n) is 1.87. The quantitative estimate of drug-likeness (QED) is 0.682. The summed E-state index contributed by atoms with van der Waals surface area (Å²) < 4.78 is 68.4. The highest BCUT2D eigenvalue weighted by atomic mass is 19.4. The molecule has 0 fully saturated rings. The molecule has 106 valence electrons. The summed E-state index contributed by atoms with van der Waals surface area (Å²) in [5, 5.41) is 0. The topological polar surface area (TPSA) is 68.4 Å².